The zero-order chi connectivity index (χ0) is 13.4. The molecule has 0 radical (unpaired) electrons. The lowest BCUT2D eigenvalue weighted by Gasteiger charge is -2.33. The number of nitrogens with zero attached hydrogens (tertiary/aromatic N) is 1. The lowest BCUT2D eigenvalue weighted by Crippen LogP contribution is -2.46. The monoisotopic (exact) mass is 238 g/mol. The fourth-order valence-electron chi connectivity index (χ4n) is 1.82. The van der Waals surface area contributed by atoms with Crippen molar-refractivity contribution in [3.8, 4) is 0 Å². The Morgan fingerprint density at radius 3 is 2.53 bits per heavy atom. The molecule has 0 saturated carbocycles. The Labute approximate surface area is 103 Å². The van der Waals surface area contributed by atoms with Crippen LogP contribution in [0.2, 0.25) is 0 Å². The zero-order valence-corrected chi connectivity index (χ0v) is 10.6. The van der Waals surface area contributed by atoms with Gasteiger partial charge in [-0.1, -0.05) is 39.2 Å². The van der Waals surface area contributed by atoms with Crippen molar-refractivity contribution in [1.82, 2.24) is 5.01 Å². The second-order valence-electron chi connectivity index (χ2n) is 3.49. The van der Waals surface area contributed by atoms with E-state index in [0.29, 0.717) is 6.54 Å². The zero-order valence-electron chi connectivity index (χ0n) is 10.6. The van der Waals surface area contributed by atoms with E-state index in [4.69, 9.17) is 10.9 Å². The van der Waals surface area contributed by atoms with Crippen LogP contribution in [0.3, 0.4) is 0 Å². The molecule has 1 aliphatic rings. The van der Waals surface area contributed by atoms with E-state index in [1.165, 1.54) is 0 Å². The van der Waals surface area contributed by atoms with Crippen LogP contribution in [-0.4, -0.2) is 28.7 Å². The highest BCUT2D eigenvalue weighted by atomic mass is 16.4. The number of hydrogen-bond donors (Lipinski definition) is 2. The summed E-state index contributed by atoms with van der Waals surface area (Å²) in [4.78, 5) is 10.7. The highest BCUT2D eigenvalue weighted by molar-refractivity contribution is 5.68. The molecule has 0 bridgehead atoms. The number of aliphatic carboxylic acids is 1. The van der Waals surface area contributed by atoms with Gasteiger partial charge in [-0.25, -0.2) is 5.01 Å². The molecule has 1 rings (SSSR count). The molecule has 17 heavy (non-hydrogen) atoms. The summed E-state index contributed by atoms with van der Waals surface area (Å²) in [6.07, 6.45) is 4.20. The first-order valence-electron chi connectivity index (χ1n) is 5.81. The van der Waals surface area contributed by atoms with Gasteiger partial charge >= 0.3 is 5.97 Å². The number of nitrogens with two attached hydrogens (primary N) is 1. The highest BCUT2D eigenvalue weighted by Crippen LogP contribution is 2.25. The maximum Gasteiger partial charge on any atom is 0.305 e. The van der Waals surface area contributed by atoms with E-state index in [9.17, 15) is 4.79 Å². The molecule has 1 atom stereocenters. The first-order valence-corrected chi connectivity index (χ1v) is 5.81. The first-order chi connectivity index (χ1) is 8.10. The molecule has 0 spiro atoms. The molecular formula is C13H22N2O2. The summed E-state index contributed by atoms with van der Waals surface area (Å²) in [6, 6.07) is -0.290. The number of allylic oxidation sites excluding steroid dienone is 1. The largest absolute Gasteiger partial charge is 0.481 e. The van der Waals surface area contributed by atoms with Crippen LogP contribution in [-0.2, 0) is 4.79 Å². The third-order valence-electron chi connectivity index (χ3n) is 2.60. The summed E-state index contributed by atoms with van der Waals surface area (Å²) in [5.74, 6) is 4.90. The number of carbonyl (C=O) groups is 1. The molecule has 0 aromatic heterocycles. The van der Waals surface area contributed by atoms with Crippen LogP contribution in [0.25, 0.3) is 0 Å². The Morgan fingerprint density at radius 2 is 2.12 bits per heavy atom. The van der Waals surface area contributed by atoms with Gasteiger partial charge in [-0.2, -0.15) is 0 Å². The summed E-state index contributed by atoms with van der Waals surface area (Å²) < 4.78 is 0. The standard InChI is InChI=1S/C11H16N2O2.C2H6/c1-3-8-5-6-13(12)10(7-11(14)15)9(8)4-2;1-2/h3-4,10H,1-2,5-7,12H2,(H,14,15);1-2H3. The van der Waals surface area contributed by atoms with Crippen LogP contribution < -0.4 is 5.84 Å². The van der Waals surface area contributed by atoms with E-state index >= 15 is 0 Å². The lowest BCUT2D eigenvalue weighted by atomic mass is 9.92. The van der Waals surface area contributed by atoms with Gasteiger partial charge < -0.3 is 5.11 Å². The van der Waals surface area contributed by atoms with Crippen molar-refractivity contribution in [1.29, 1.82) is 0 Å². The first kappa shape index (κ1) is 15.6. The van der Waals surface area contributed by atoms with Gasteiger partial charge in [0.25, 0.3) is 0 Å². The average molecular weight is 238 g/mol. The Kier molecular flexibility index (Phi) is 7.18. The molecule has 4 heteroatoms. The van der Waals surface area contributed by atoms with Crippen LogP contribution in [0.15, 0.2) is 36.5 Å². The molecule has 0 aromatic carbocycles. The van der Waals surface area contributed by atoms with Crippen molar-refractivity contribution in [3.63, 3.8) is 0 Å². The van der Waals surface area contributed by atoms with Gasteiger partial charge in [0.05, 0.1) is 12.5 Å². The van der Waals surface area contributed by atoms with Crippen LogP contribution in [0.4, 0.5) is 0 Å². The lowest BCUT2D eigenvalue weighted by molar-refractivity contribution is -0.138. The van der Waals surface area contributed by atoms with Crippen LogP contribution >= 0.6 is 0 Å². The predicted molar refractivity (Wildman–Crippen MR) is 70.3 cm³/mol. The molecule has 0 aromatic rings. The number of hydrogen-bond acceptors (Lipinski definition) is 3. The molecule has 1 aliphatic heterocycles. The average Bonchev–Trinajstić information content (AvgIpc) is 2.33. The Balaban J connectivity index is 0.00000121. The molecule has 1 unspecified atom stereocenters. The minimum absolute atomic E-state index is 0.00477. The maximum absolute atomic E-state index is 10.7. The van der Waals surface area contributed by atoms with Crippen molar-refractivity contribution in [3.05, 3.63) is 36.5 Å². The molecule has 96 valence electrons. The molecular weight excluding hydrogens is 216 g/mol. The van der Waals surface area contributed by atoms with Gasteiger partial charge in [0.1, 0.15) is 0 Å². The second-order valence-corrected chi connectivity index (χ2v) is 3.49. The van der Waals surface area contributed by atoms with E-state index in [1.54, 1.807) is 17.2 Å². The third-order valence-corrected chi connectivity index (χ3v) is 2.60. The van der Waals surface area contributed by atoms with Crippen LogP contribution in [0, 0.1) is 0 Å². The number of rotatable bonds is 4. The Bertz CT molecular complexity index is 321. The second kappa shape index (κ2) is 7.81. The van der Waals surface area contributed by atoms with Crippen molar-refractivity contribution in [2.24, 2.45) is 5.84 Å². The summed E-state index contributed by atoms with van der Waals surface area (Å²) >= 11 is 0. The van der Waals surface area contributed by atoms with E-state index < -0.39 is 5.97 Å². The SMILES string of the molecule is C=CC1=C(C=C)C(CC(=O)O)N(N)CC1.CC. The summed E-state index contributed by atoms with van der Waals surface area (Å²) in [6.45, 7) is 12.1. The van der Waals surface area contributed by atoms with Crippen molar-refractivity contribution in [2.75, 3.05) is 6.54 Å². The minimum Gasteiger partial charge on any atom is -0.481 e. The number of hydrazine groups is 1. The molecule has 1 heterocycles. The number of carboxylic acid groups (broad SMARTS) is 1. The van der Waals surface area contributed by atoms with Gasteiger partial charge in [-0.05, 0) is 17.6 Å². The molecule has 0 aliphatic carbocycles. The van der Waals surface area contributed by atoms with Gasteiger partial charge in [-0.15, -0.1) is 0 Å². The van der Waals surface area contributed by atoms with Gasteiger partial charge in [0.2, 0.25) is 0 Å². The summed E-state index contributed by atoms with van der Waals surface area (Å²) in [7, 11) is 0. The van der Waals surface area contributed by atoms with Gasteiger partial charge in [0, 0.05) is 6.54 Å². The third kappa shape index (κ3) is 4.17. The fraction of sp³-hybridized carbons (Fsp3) is 0.462. The van der Waals surface area contributed by atoms with Crippen LogP contribution in [0.5, 0.6) is 0 Å². The summed E-state index contributed by atoms with van der Waals surface area (Å²) in [5.41, 5.74) is 1.92. The molecule has 4 nitrogen and oxygen atoms in total. The predicted octanol–water partition coefficient (Wildman–Crippen LogP) is 2.10. The smallest absolute Gasteiger partial charge is 0.305 e. The molecule has 0 saturated heterocycles. The minimum atomic E-state index is -0.861. The van der Waals surface area contributed by atoms with Crippen molar-refractivity contribution < 1.29 is 9.90 Å². The topological polar surface area (TPSA) is 66.6 Å². The van der Waals surface area contributed by atoms with Crippen LogP contribution in [0.1, 0.15) is 26.7 Å². The van der Waals surface area contributed by atoms with Gasteiger partial charge in [-0.3, -0.25) is 10.6 Å². The van der Waals surface area contributed by atoms with E-state index in [2.05, 4.69) is 13.2 Å². The normalized spacial score (nSPS) is 20.3. The fourth-order valence-corrected chi connectivity index (χ4v) is 1.82. The van der Waals surface area contributed by atoms with E-state index in [0.717, 1.165) is 17.6 Å². The summed E-state index contributed by atoms with van der Waals surface area (Å²) in [5, 5.41) is 10.3. The van der Waals surface area contributed by atoms with E-state index in [1.807, 2.05) is 13.8 Å². The highest BCUT2D eigenvalue weighted by Gasteiger charge is 2.26. The van der Waals surface area contributed by atoms with E-state index in [-0.39, 0.29) is 12.5 Å². The quantitative estimate of drug-likeness (QED) is 0.736. The Hall–Kier alpha value is -1.39. The number of carboxylic acids is 1. The maximum atomic E-state index is 10.7. The van der Waals surface area contributed by atoms with Gasteiger partial charge in [0.15, 0.2) is 0 Å². The molecule has 3 N–H and O–H groups in total. The van der Waals surface area contributed by atoms with Crippen molar-refractivity contribution in [2.45, 2.75) is 32.7 Å². The molecule has 0 amide bonds. The van der Waals surface area contributed by atoms with Crippen molar-refractivity contribution >= 4 is 5.97 Å². The molecule has 0 fully saturated rings. The Morgan fingerprint density at radius 1 is 1.53 bits per heavy atom.